The molecule has 0 aromatic heterocycles. The van der Waals surface area contributed by atoms with Crippen LogP contribution in [0.3, 0.4) is 0 Å². The molecule has 2 rings (SSSR count). The summed E-state index contributed by atoms with van der Waals surface area (Å²) in [6.45, 7) is 2.22. The Hall–Kier alpha value is -0.830. The van der Waals surface area contributed by atoms with Gasteiger partial charge in [0.05, 0.1) is 6.04 Å². The molecule has 7 nitrogen and oxygen atoms in total. The van der Waals surface area contributed by atoms with E-state index in [4.69, 9.17) is 4.74 Å². The summed E-state index contributed by atoms with van der Waals surface area (Å²) in [5.74, 6) is -0.412. The van der Waals surface area contributed by atoms with Crippen molar-refractivity contribution in [2.24, 2.45) is 4.99 Å². The van der Waals surface area contributed by atoms with Gasteiger partial charge >= 0.3 is 0 Å². The highest BCUT2D eigenvalue weighted by molar-refractivity contribution is 8.14. The summed E-state index contributed by atoms with van der Waals surface area (Å²) < 4.78 is 5.54. The maximum Gasteiger partial charge on any atom is 0.252 e. The van der Waals surface area contributed by atoms with Gasteiger partial charge in [0.2, 0.25) is 0 Å². The van der Waals surface area contributed by atoms with Gasteiger partial charge in [-0.25, -0.2) is 0 Å². The molecule has 0 aromatic carbocycles. The van der Waals surface area contributed by atoms with E-state index in [9.17, 15) is 15.0 Å². The predicted octanol–water partition coefficient (Wildman–Crippen LogP) is -1.74. The molecule has 5 atom stereocenters. The number of aliphatic imine (C=N–C) groups is 1. The number of ether oxygens (including phenoxy) is 1. The van der Waals surface area contributed by atoms with E-state index < -0.39 is 35.7 Å². The van der Waals surface area contributed by atoms with E-state index in [1.807, 2.05) is 0 Å². The molecule has 2 aliphatic heterocycles. The van der Waals surface area contributed by atoms with Crippen LogP contribution in [-0.2, 0) is 9.53 Å². The van der Waals surface area contributed by atoms with Crippen LogP contribution in [0.25, 0.3) is 0 Å². The topological polar surface area (TPSA) is 103 Å². The number of carbonyl (C=O) groups is 1. The van der Waals surface area contributed by atoms with Gasteiger partial charge in [-0.2, -0.15) is 0 Å². The van der Waals surface area contributed by atoms with Crippen molar-refractivity contribution in [1.29, 1.82) is 0 Å². The van der Waals surface area contributed by atoms with Crippen LogP contribution in [0.5, 0.6) is 0 Å². The maximum absolute atomic E-state index is 11.7. The molecular weight excluding hydrogens is 258 g/mol. The summed E-state index contributed by atoms with van der Waals surface area (Å²) in [6, 6.07) is -0.450. The Balaban J connectivity index is 2.12. The lowest BCUT2D eigenvalue weighted by Gasteiger charge is -2.37. The minimum Gasteiger partial charge on any atom is -0.388 e. The number of rotatable bonds is 2. The molecule has 0 aromatic rings. The third-order valence-electron chi connectivity index (χ3n) is 2.93. The summed E-state index contributed by atoms with van der Waals surface area (Å²) in [5, 5.41) is 26.1. The van der Waals surface area contributed by atoms with Gasteiger partial charge in [0.1, 0.15) is 17.6 Å². The third-order valence-corrected chi connectivity index (χ3v) is 4.09. The first kappa shape index (κ1) is 13.6. The second kappa shape index (κ2) is 5.43. The fourth-order valence-corrected chi connectivity index (χ4v) is 3.09. The Morgan fingerprint density at radius 3 is 2.89 bits per heavy atom. The lowest BCUT2D eigenvalue weighted by molar-refractivity contribution is -0.172. The first-order valence-electron chi connectivity index (χ1n) is 5.77. The van der Waals surface area contributed by atoms with Crippen molar-refractivity contribution in [1.82, 2.24) is 10.6 Å². The average molecular weight is 275 g/mol. The fraction of sp³-hybridized carbons (Fsp3) is 0.800. The first-order valence-corrected chi connectivity index (χ1v) is 6.65. The van der Waals surface area contributed by atoms with E-state index in [1.54, 1.807) is 14.0 Å². The Morgan fingerprint density at radius 1 is 1.56 bits per heavy atom. The molecule has 2 fully saturated rings. The van der Waals surface area contributed by atoms with Crippen molar-refractivity contribution in [3.63, 3.8) is 0 Å². The number of amides is 1. The lowest BCUT2D eigenvalue weighted by atomic mass is 9.97. The van der Waals surface area contributed by atoms with E-state index in [2.05, 4.69) is 15.6 Å². The Labute approximate surface area is 109 Å². The summed E-state index contributed by atoms with van der Waals surface area (Å²) in [5.41, 5.74) is -0.422. The van der Waals surface area contributed by atoms with Gasteiger partial charge in [-0.1, -0.05) is 11.8 Å². The van der Waals surface area contributed by atoms with Gasteiger partial charge in [0.25, 0.3) is 5.91 Å². The summed E-state index contributed by atoms with van der Waals surface area (Å²) in [7, 11) is 1.62. The number of amidine groups is 1. The van der Waals surface area contributed by atoms with Crippen molar-refractivity contribution in [2.45, 2.75) is 36.7 Å². The minimum absolute atomic E-state index is 0.412. The second-order valence-electron chi connectivity index (χ2n) is 4.12. The van der Waals surface area contributed by atoms with Gasteiger partial charge in [0, 0.05) is 13.6 Å². The van der Waals surface area contributed by atoms with Crippen LogP contribution in [-0.4, -0.2) is 64.7 Å². The summed E-state index contributed by atoms with van der Waals surface area (Å²) >= 11 is 1.31. The zero-order chi connectivity index (χ0) is 13.3. The SMILES string of the molecule is CCNC(=O)C1OC2SC(=NC)NC2C(O)C1O. The van der Waals surface area contributed by atoms with Crippen molar-refractivity contribution >= 4 is 22.8 Å². The molecule has 0 aliphatic carbocycles. The number of nitrogens with zero attached hydrogens (tertiary/aromatic N) is 1. The van der Waals surface area contributed by atoms with Gasteiger partial charge in [-0.3, -0.25) is 9.79 Å². The zero-order valence-electron chi connectivity index (χ0n) is 10.2. The molecule has 2 saturated heterocycles. The van der Waals surface area contributed by atoms with Gasteiger partial charge < -0.3 is 25.6 Å². The molecule has 1 amide bonds. The van der Waals surface area contributed by atoms with Crippen molar-refractivity contribution in [3.05, 3.63) is 0 Å². The van der Waals surface area contributed by atoms with Crippen LogP contribution in [0, 0.1) is 0 Å². The van der Waals surface area contributed by atoms with Crippen LogP contribution in [0.1, 0.15) is 6.92 Å². The molecule has 0 spiro atoms. The Morgan fingerprint density at radius 2 is 2.28 bits per heavy atom. The fourth-order valence-electron chi connectivity index (χ4n) is 2.01. The Bertz CT molecular complexity index is 365. The highest BCUT2D eigenvalue weighted by Crippen LogP contribution is 2.33. The lowest BCUT2D eigenvalue weighted by Crippen LogP contribution is -2.62. The van der Waals surface area contributed by atoms with E-state index in [1.165, 1.54) is 11.8 Å². The van der Waals surface area contributed by atoms with Gasteiger partial charge in [-0.15, -0.1) is 0 Å². The van der Waals surface area contributed by atoms with Gasteiger partial charge in [0.15, 0.2) is 11.3 Å². The molecule has 0 saturated carbocycles. The Kier molecular flexibility index (Phi) is 4.10. The van der Waals surface area contributed by atoms with E-state index in [-0.39, 0.29) is 0 Å². The summed E-state index contributed by atoms with van der Waals surface area (Å²) in [6.07, 6.45) is -3.36. The molecule has 2 aliphatic rings. The first-order chi connectivity index (χ1) is 8.58. The number of aliphatic hydroxyl groups is 2. The zero-order valence-corrected chi connectivity index (χ0v) is 11.0. The number of carbonyl (C=O) groups excluding carboxylic acids is 1. The van der Waals surface area contributed by atoms with Crippen LogP contribution in [0.2, 0.25) is 0 Å². The van der Waals surface area contributed by atoms with Crippen LogP contribution < -0.4 is 10.6 Å². The number of hydrogen-bond acceptors (Lipinski definition) is 6. The molecule has 8 heteroatoms. The van der Waals surface area contributed by atoms with Crippen LogP contribution in [0.4, 0.5) is 0 Å². The largest absolute Gasteiger partial charge is 0.388 e. The minimum atomic E-state index is -1.25. The molecule has 102 valence electrons. The standard InChI is InChI=1S/C10H17N3O4S/c1-3-12-8(16)7-6(15)5(14)4-9(17-7)18-10(11-2)13-4/h4-7,9,14-15H,3H2,1-2H3,(H,11,13)(H,12,16). The smallest absolute Gasteiger partial charge is 0.252 e. The normalized spacial score (nSPS) is 41.3. The molecular formula is C10H17N3O4S. The highest BCUT2D eigenvalue weighted by atomic mass is 32.2. The van der Waals surface area contributed by atoms with E-state index >= 15 is 0 Å². The van der Waals surface area contributed by atoms with E-state index in [0.29, 0.717) is 11.7 Å². The van der Waals surface area contributed by atoms with Crippen molar-refractivity contribution in [2.75, 3.05) is 13.6 Å². The molecule has 2 heterocycles. The van der Waals surface area contributed by atoms with Gasteiger partial charge in [-0.05, 0) is 6.92 Å². The van der Waals surface area contributed by atoms with Crippen molar-refractivity contribution in [3.8, 4) is 0 Å². The average Bonchev–Trinajstić information content (AvgIpc) is 2.77. The van der Waals surface area contributed by atoms with Crippen LogP contribution in [0.15, 0.2) is 4.99 Å². The monoisotopic (exact) mass is 275 g/mol. The number of hydrogen-bond donors (Lipinski definition) is 4. The summed E-state index contributed by atoms with van der Waals surface area (Å²) in [4.78, 5) is 15.7. The van der Waals surface area contributed by atoms with E-state index in [0.717, 1.165) is 0 Å². The molecule has 4 N–H and O–H groups in total. The number of nitrogens with one attached hydrogen (secondary N) is 2. The predicted molar refractivity (Wildman–Crippen MR) is 67.2 cm³/mol. The number of aliphatic hydroxyl groups excluding tert-OH is 2. The third kappa shape index (κ3) is 2.33. The number of likely N-dealkylation sites (N-methyl/N-ethyl adjacent to an activating group) is 1. The second-order valence-corrected chi connectivity index (χ2v) is 5.20. The molecule has 18 heavy (non-hydrogen) atoms. The number of fused-ring (bicyclic) bond motifs is 1. The van der Waals surface area contributed by atoms with Crippen LogP contribution >= 0.6 is 11.8 Å². The quantitative estimate of drug-likeness (QED) is 0.477. The molecule has 0 bridgehead atoms. The molecule has 0 radical (unpaired) electrons. The molecule has 5 unspecified atom stereocenters. The number of thioether (sulfide) groups is 1. The highest BCUT2D eigenvalue weighted by Gasteiger charge is 2.50. The maximum atomic E-state index is 11.7. The van der Waals surface area contributed by atoms with Crippen molar-refractivity contribution < 1.29 is 19.7 Å².